The lowest BCUT2D eigenvalue weighted by atomic mass is 10.2. The molecule has 0 aromatic heterocycles. The largest absolute Gasteiger partial charge is 0.452 e. The molecule has 1 aromatic carbocycles. The Morgan fingerprint density at radius 2 is 1.92 bits per heavy atom. The van der Waals surface area contributed by atoms with Crippen LogP contribution < -0.4 is 5.32 Å². The second kappa shape index (κ2) is 8.11. The molecular weight excluding hydrogens is 360 g/mol. The number of ether oxygens (including phenoxy) is 1. The van der Waals surface area contributed by atoms with Crippen LogP contribution in [0.15, 0.2) is 23.1 Å². The number of amides is 2. The normalized spacial score (nSPS) is 10.8. The Hall–Kier alpha value is -2.13. The lowest BCUT2D eigenvalue weighted by Gasteiger charge is -2.16. The summed E-state index contributed by atoms with van der Waals surface area (Å²) in [5.74, 6) is -1.91. The van der Waals surface area contributed by atoms with Gasteiger partial charge in [0.25, 0.3) is 5.91 Å². The molecular formula is C14H17ClN2O6S. The van der Waals surface area contributed by atoms with Gasteiger partial charge < -0.3 is 15.0 Å². The lowest BCUT2D eigenvalue weighted by Crippen LogP contribution is -2.39. The van der Waals surface area contributed by atoms with E-state index in [0.717, 1.165) is 17.2 Å². The molecule has 132 valence electrons. The smallest absolute Gasteiger partial charge is 0.340 e. The van der Waals surface area contributed by atoms with Crippen LogP contribution in [0.4, 0.5) is 0 Å². The number of halogens is 1. The summed E-state index contributed by atoms with van der Waals surface area (Å²) in [7, 11) is -0.717. The standard InChI is InChI=1S/C14H17ClN2O6S/c1-16-12(18)7-17(2)13(19)8-23-14(20)10-6-9(24(3,21)22)4-5-11(10)15/h4-6H,7-8H2,1-3H3,(H,16,18). The van der Waals surface area contributed by atoms with E-state index >= 15 is 0 Å². The van der Waals surface area contributed by atoms with Crippen molar-refractivity contribution in [2.75, 3.05) is 33.5 Å². The summed E-state index contributed by atoms with van der Waals surface area (Å²) in [5, 5.41) is 2.35. The summed E-state index contributed by atoms with van der Waals surface area (Å²) < 4.78 is 27.9. The van der Waals surface area contributed by atoms with Gasteiger partial charge in [0.1, 0.15) is 0 Å². The molecule has 1 N–H and O–H groups in total. The third kappa shape index (κ3) is 5.50. The zero-order chi connectivity index (χ0) is 18.5. The number of esters is 1. The van der Waals surface area contributed by atoms with Crippen LogP contribution in [0.1, 0.15) is 10.4 Å². The minimum absolute atomic E-state index is 0.00133. The zero-order valence-corrected chi connectivity index (χ0v) is 14.9. The maximum atomic E-state index is 12.0. The molecule has 2 amide bonds. The van der Waals surface area contributed by atoms with E-state index < -0.39 is 28.3 Å². The summed E-state index contributed by atoms with van der Waals surface area (Å²) >= 11 is 5.86. The molecule has 0 fully saturated rings. The first kappa shape index (κ1) is 19.9. The Bertz CT molecular complexity index is 763. The number of nitrogens with zero attached hydrogens (tertiary/aromatic N) is 1. The second-order valence-electron chi connectivity index (χ2n) is 4.91. The molecule has 0 bridgehead atoms. The number of benzene rings is 1. The van der Waals surface area contributed by atoms with Crippen molar-refractivity contribution in [2.24, 2.45) is 0 Å². The van der Waals surface area contributed by atoms with E-state index in [-0.39, 0.29) is 27.9 Å². The first-order valence-corrected chi connectivity index (χ1v) is 8.94. The molecule has 0 unspecified atom stereocenters. The van der Waals surface area contributed by atoms with E-state index in [0.29, 0.717) is 0 Å². The number of likely N-dealkylation sites (N-methyl/N-ethyl adjacent to an activating group) is 2. The number of sulfone groups is 1. The first-order valence-electron chi connectivity index (χ1n) is 6.67. The highest BCUT2D eigenvalue weighted by molar-refractivity contribution is 7.90. The fourth-order valence-electron chi connectivity index (χ4n) is 1.59. The van der Waals surface area contributed by atoms with Gasteiger partial charge in [-0.1, -0.05) is 11.6 Å². The van der Waals surface area contributed by atoms with Gasteiger partial charge in [-0.2, -0.15) is 0 Å². The van der Waals surface area contributed by atoms with Crippen LogP contribution >= 0.6 is 11.6 Å². The molecule has 0 aliphatic carbocycles. The highest BCUT2D eigenvalue weighted by atomic mass is 35.5. The van der Waals surface area contributed by atoms with Crippen LogP contribution in [0.5, 0.6) is 0 Å². The molecule has 1 aromatic rings. The van der Waals surface area contributed by atoms with E-state index in [1.807, 2.05) is 0 Å². The van der Waals surface area contributed by atoms with Gasteiger partial charge in [-0.3, -0.25) is 9.59 Å². The fraction of sp³-hybridized carbons (Fsp3) is 0.357. The first-order chi connectivity index (χ1) is 11.1. The molecule has 0 atom stereocenters. The molecule has 24 heavy (non-hydrogen) atoms. The van der Waals surface area contributed by atoms with Crippen molar-refractivity contribution >= 4 is 39.2 Å². The quantitative estimate of drug-likeness (QED) is 0.705. The van der Waals surface area contributed by atoms with Crippen LogP contribution in [0.25, 0.3) is 0 Å². The molecule has 8 nitrogen and oxygen atoms in total. The van der Waals surface area contributed by atoms with Crippen LogP contribution in [-0.2, 0) is 24.2 Å². The SMILES string of the molecule is CNC(=O)CN(C)C(=O)COC(=O)c1cc(S(C)(=O)=O)ccc1Cl. The van der Waals surface area contributed by atoms with Crippen molar-refractivity contribution in [2.45, 2.75) is 4.90 Å². The molecule has 10 heteroatoms. The van der Waals surface area contributed by atoms with Gasteiger partial charge >= 0.3 is 5.97 Å². The third-order valence-corrected chi connectivity index (χ3v) is 4.44. The number of carbonyl (C=O) groups excluding carboxylic acids is 3. The maximum Gasteiger partial charge on any atom is 0.340 e. The highest BCUT2D eigenvalue weighted by Crippen LogP contribution is 2.21. The van der Waals surface area contributed by atoms with E-state index in [4.69, 9.17) is 16.3 Å². The molecule has 1 rings (SSSR count). The van der Waals surface area contributed by atoms with Crippen molar-refractivity contribution in [3.63, 3.8) is 0 Å². The summed E-state index contributed by atoms with van der Waals surface area (Å²) in [5.41, 5.74) is -0.165. The van der Waals surface area contributed by atoms with E-state index in [1.54, 1.807) is 0 Å². The van der Waals surface area contributed by atoms with Gasteiger partial charge in [0.05, 0.1) is 22.0 Å². The Labute approximate surface area is 144 Å². The van der Waals surface area contributed by atoms with Gasteiger partial charge in [0.2, 0.25) is 5.91 Å². The molecule has 0 spiro atoms. The monoisotopic (exact) mass is 376 g/mol. The summed E-state index contributed by atoms with van der Waals surface area (Å²) in [6, 6.07) is 3.60. The van der Waals surface area contributed by atoms with Crippen molar-refractivity contribution in [3.8, 4) is 0 Å². The van der Waals surface area contributed by atoms with E-state index in [9.17, 15) is 22.8 Å². The number of hydrogen-bond acceptors (Lipinski definition) is 6. The second-order valence-corrected chi connectivity index (χ2v) is 7.34. The molecule has 0 heterocycles. The number of carbonyl (C=O) groups is 3. The van der Waals surface area contributed by atoms with Crippen LogP contribution in [0.2, 0.25) is 5.02 Å². The van der Waals surface area contributed by atoms with Gasteiger partial charge in [0.15, 0.2) is 16.4 Å². The summed E-state index contributed by atoms with van der Waals surface area (Å²) in [4.78, 5) is 35.9. The molecule has 0 radical (unpaired) electrons. The molecule has 0 saturated heterocycles. The third-order valence-electron chi connectivity index (χ3n) is 3.00. The maximum absolute atomic E-state index is 12.0. The van der Waals surface area contributed by atoms with Gasteiger partial charge in [-0.15, -0.1) is 0 Å². The predicted molar refractivity (Wildman–Crippen MR) is 86.5 cm³/mol. The average molecular weight is 377 g/mol. The number of hydrogen-bond donors (Lipinski definition) is 1. The van der Waals surface area contributed by atoms with Crippen molar-refractivity contribution in [1.29, 1.82) is 0 Å². The number of nitrogens with one attached hydrogen (secondary N) is 1. The number of rotatable bonds is 6. The topological polar surface area (TPSA) is 110 Å². The summed E-state index contributed by atoms with van der Waals surface area (Å²) in [6.45, 7) is -0.789. The predicted octanol–water partition coefficient (Wildman–Crippen LogP) is 0.105. The van der Waals surface area contributed by atoms with Crippen LogP contribution in [0, 0.1) is 0 Å². The van der Waals surface area contributed by atoms with E-state index in [2.05, 4.69) is 5.32 Å². The minimum atomic E-state index is -3.52. The average Bonchev–Trinajstić information content (AvgIpc) is 2.51. The van der Waals surface area contributed by atoms with E-state index in [1.165, 1.54) is 26.2 Å². The Balaban J connectivity index is 2.79. The lowest BCUT2D eigenvalue weighted by molar-refractivity contribution is -0.137. The van der Waals surface area contributed by atoms with Gasteiger partial charge in [0, 0.05) is 20.4 Å². The van der Waals surface area contributed by atoms with Gasteiger partial charge in [-0.05, 0) is 18.2 Å². The molecule has 0 saturated carbocycles. The summed E-state index contributed by atoms with van der Waals surface area (Å²) in [6.07, 6.45) is 0.989. The van der Waals surface area contributed by atoms with Crippen molar-refractivity contribution < 1.29 is 27.5 Å². The Kier molecular flexibility index (Phi) is 6.73. The fourth-order valence-corrected chi connectivity index (χ4v) is 2.43. The molecule has 0 aliphatic heterocycles. The Morgan fingerprint density at radius 3 is 2.46 bits per heavy atom. The Morgan fingerprint density at radius 1 is 1.29 bits per heavy atom. The van der Waals surface area contributed by atoms with Gasteiger partial charge in [-0.25, -0.2) is 13.2 Å². The van der Waals surface area contributed by atoms with Crippen molar-refractivity contribution in [3.05, 3.63) is 28.8 Å². The highest BCUT2D eigenvalue weighted by Gasteiger charge is 2.19. The van der Waals surface area contributed by atoms with Crippen LogP contribution in [-0.4, -0.2) is 64.6 Å². The minimum Gasteiger partial charge on any atom is -0.452 e. The zero-order valence-electron chi connectivity index (χ0n) is 13.3. The van der Waals surface area contributed by atoms with Crippen molar-refractivity contribution in [1.82, 2.24) is 10.2 Å². The van der Waals surface area contributed by atoms with Crippen LogP contribution in [0.3, 0.4) is 0 Å². The molecule has 0 aliphatic rings.